The molecule has 0 aliphatic carbocycles. The van der Waals surface area contributed by atoms with Gasteiger partial charge in [0.05, 0.1) is 16.5 Å². The second-order valence-corrected chi connectivity index (χ2v) is 4.99. The standard InChI is InChI=1S/C12H7ClN2OS/c13-7-1-2-8(10(16)5-7)12-15-9-6-14-4-3-11(9)17-12/h1-6,16H. The van der Waals surface area contributed by atoms with Crippen molar-refractivity contribution in [3.05, 3.63) is 41.7 Å². The van der Waals surface area contributed by atoms with E-state index < -0.39 is 0 Å². The van der Waals surface area contributed by atoms with Gasteiger partial charge in [-0.25, -0.2) is 4.98 Å². The van der Waals surface area contributed by atoms with E-state index in [0.29, 0.717) is 10.6 Å². The Kier molecular flexibility index (Phi) is 2.46. The molecule has 3 nitrogen and oxygen atoms in total. The zero-order chi connectivity index (χ0) is 11.8. The van der Waals surface area contributed by atoms with Crippen molar-refractivity contribution in [3.63, 3.8) is 0 Å². The van der Waals surface area contributed by atoms with Crippen molar-refractivity contribution in [1.29, 1.82) is 0 Å². The van der Waals surface area contributed by atoms with Crippen LogP contribution in [-0.4, -0.2) is 15.1 Å². The molecule has 5 heteroatoms. The van der Waals surface area contributed by atoms with E-state index >= 15 is 0 Å². The van der Waals surface area contributed by atoms with Crippen LogP contribution in [0.1, 0.15) is 0 Å². The van der Waals surface area contributed by atoms with Crippen LogP contribution in [0.5, 0.6) is 5.75 Å². The molecule has 0 bridgehead atoms. The van der Waals surface area contributed by atoms with Gasteiger partial charge in [0.2, 0.25) is 0 Å². The third kappa shape index (κ3) is 1.85. The molecule has 0 spiro atoms. The predicted octanol–water partition coefficient (Wildman–Crippen LogP) is 3.72. The molecule has 17 heavy (non-hydrogen) atoms. The van der Waals surface area contributed by atoms with Crippen LogP contribution in [0.4, 0.5) is 0 Å². The largest absolute Gasteiger partial charge is 0.507 e. The molecule has 3 rings (SSSR count). The van der Waals surface area contributed by atoms with Crippen LogP contribution in [0, 0.1) is 0 Å². The average Bonchev–Trinajstić information content (AvgIpc) is 2.72. The summed E-state index contributed by atoms with van der Waals surface area (Å²) >= 11 is 7.31. The molecule has 1 N–H and O–H groups in total. The maximum atomic E-state index is 9.84. The second-order valence-electron chi connectivity index (χ2n) is 3.52. The van der Waals surface area contributed by atoms with Gasteiger partial charge in [-0.2, -0.15) is 0 Å². The predicted molar refractivity (Wildman–Crippen MR) is 69.5 cm³/mol. The molecule has 0 fully saturated rings. The van der Waals surface area contributed by atoms with Gasteiger partial charge in [0.25, 0.3) is 0 Å². The van der Waals surface area contributed by atoms with E-state index in [1.165, 1.54) is 17.4 Å². The zero-order valence-corrected chi connectivity index (χ0v) is 10.2. The number of halogens is 1. The highest BCUT2D eigenvalue weighted by Gasteiger charge is 2.10. The van der Waals surface area contributed by atoms with Crippen LogP contribution in [0.25, 0.3) is 20.8 Å². The van der Waals surface area contributed by atoms with Gasteiger partial charge in [-0.1, -0.05) is 11.6 Å². The van der Waals surface area contributed by atoms with Gasteiger partial charge in [0.1, 0.15) is 16.3 Å². The molecule has 0 saturated carbocycles. The zero-order valence-electron chi connectivity index (χ0n) is 8.59. The molecule has 0 saturated heterocycles. The van der Waals surface area contributed by atoms with Crippen molar-refractivity contribution in [2.24, 2.45) is 0 Å². The number of phenolic OH excluding ortho intramolecular Hbond substituents is 1. The summed E-state index contributed by atoms with van der Waals surface area (Å²) in [7, 11) is 0. The molecule has 0 aliphatic heterocycles. The monoisotopic (exact) mass is 262 g/mol. The van der Waals surface area contributed by atoms with E-state index in [1.807, 2.05) is 6.07 Å². The van der Waals surface area contributed by atoms with Crippen molar-refractivity contribution < 1.29 is 5.11 Å². The van der Waals surface area contributed by atoms with Gasteiger partial charge in [-0.15, -0.1) is 11.3 Å². The fraction of sp³-hybridized carbons (Fsp3) is 0. The van der Waals surface area contributed by atoms with Gasteiger partial charge >= 0.3 is 0 Å². The molecule has 0 atom stereocenters. The highest BCUT2D eigenvalue weighted by atomic mass is 35.5. The third-order valence-electron chi connectivity index (χ3n) is 2.38. The number of thiazole rings is 1. The lowest BCUT2D eigenvalue weighted by Crippen LogP contribution is -1.77. The normalized spacial score (nSPS) is 10.9. The van der Waals surface area contributed by atoms with Gasteiger partial charge < -0.3 is 5.11 Å². The Balaban J connectivity index is 2.20. The summed E-state index contributed by atoms with van der Waals surface area (Å²) in [6.07, 6.45) is 3.44. The molecular formula is C12H7ClN2OS. The Morgan fingerprint density at radius 1 is 1.24 bits per heavy atom. The Morgan fingerprint density at radius 2 is 2.12 bits per heavy atom. The number of aromatic hydroxyl groups is 1. The Bertz CT molecular complexity index is 663. The highest BCUT2D eigenvalue weighted by Crippen LogP contribution is 2.35. The first-order chi connectivity index (χ1) is 8.24. The fourth-order valence-corrected chi connectivity index (χ4v) is 2.71. The summed E-state index contributed by atoms with van der Waals surface area (Å²) in [5.41, 5.74) is 1.53. The average molecular weight is 263 g/mol. The molecule has 1 aromatic carbocycles. The van der Waals surface area contributed by atoms with Crippen LogP contribution in [0.3, 0.4) is 0 Å². The number of aromatic nitrogens is 2. The van der Waals surface area contributed by atoms with Crippen LogP contribution in [-0.2, 0) is 0 Å². The van der Waals surface area contributed by atoms with Crippen molar-refractivity contribution >= 4 is 33.2 Å². The second kappa shape index (κ2) is 3.98. The maximum Gasteiger partial charge on any atom is 0.128 e. The van der Waals surface area contributed by atoms with E-state index in [-0.39, 0.29) is 5.75 Å². The molecule has 0 amide bonds. The lowest BCUT2D eigenvalue weighted by molar-refractivity contribution is 0.477. The summed E-state index contributed by atoms with van der Waals surface area (Å²) in [4.78, 5) is 8.44. The first kappa shape index (κ1) is 10.5. The van der Waals surface area contributed by atoms with Gasteiger partial charge in [0.15, 0.2) is 0 Å². The summed E-state index contributed by atoms with van der Waals surface area (Å²) in [5, 5.41) is 11.1. The SMILES string of the molecule is Oc1cc(Cl)ccc1-c1nc2cnccc2s1. The topological polar surface area (TPSA) is 46.0 Å². The number of phenols is 1. The summed E-state index contributed by atoms with van der Waals surface area (Å²) in [6.45, 7) is 0. The first-order valence-electron chi connectivity index (χ1n) is 4.93. The quantitative estimate of drug-likeness (QED) is 0.727. The molecule has 0 aliphatic rings. The van der Waals surface area contributed by atoms with Crippen molar-refractivity contribution in [3.8, 4) is 16.3 Å². The first-order valence-corrected chi connectivity index (χ1v) is 6.13. The van der Waals surface area contributed by atoms with Crippen molar-refractivity contribution in [2.45, 2.75) is 0 Å². The molecule has 2 aromatic heterocycles. The number of hydrogen-bond acceptors (Lipinski definition) is 4. The van der Waals surface area contributed by atoms with E-state index in [1.54, 1.807) is 24.5 Å². The van der Waals surface area contributed by atoms with Crippen molar-refractivity contribution in [2.75, 3.05) is 0 Å². The van der Waals surface area contributed by atoms with E-state index in [2.05, 4.69) is 9.97 Å². The summed E-state index contributed by atoms with van der Waals surface area (Å²) in [5.74, 6) is 0.143. The summed E-state index contributed by atoms with van der Waals surface area (Å²) in [6, 6.07) is 6.93. The lowest BCUT2D eigenvalue weighted by atomic mass is 10.2. The molecule has 0 unspecified atom stereocenters. The Labute approximate surface area is 106 Å². The molecule has 2 heterocycles. The summed E-state index contributed by atoms with van der Waals surface area (Å²) < 4.78 is 1.05. The smallest absolute Gasteiger partial charge is 0.128 e. The Morgan fingerprint density at radius 3 is 2.88 bits per heavy atom. The van der Waals surface area contributed by atoms with Crippen molar-refractivity contribution in [1.82, 2.24) is 9.97 Å². The highest BCUT2D eigenvalue weighted by molar-refractivity contribution is 7.21. The number of nitrogens with zero attached hydrogens (tertiary/aromatic N) is 2. The molecule has 0 radical (unpaired) electrons. The number of pyridine rings is 1. The van der Waals surface area contributed by atoms with E-state index in [9.17, 15) is 5.11 Å². The van der Waals surface area contributed by atoms with Crippen LogP contribution in [0.15, 0.2) is 36.7 Å². The Hall–Kier alpha value is -1.65. The minimum Gasteiger partial charge on any atom is -0.507 e. The minimum absolute atomic E-state index is 0.143. The van der Waals surface area contributed by atoms with Crippen LogP contribution >= 0.6 is 22.9 Å². The van der Waals surface area contributed by atoms with Crippen LogP contribution < -0.4 is 0 Å². The number of hydrogen-bond donors (Lipinski definition) is 1. The van der Waals surface area contributed by atoms with E-state index in [0.717, 1.165) is 15.2 Å². The minimum atomic E-state index is 0.143. The third-order valence-corrected chi connectivity index (χ3v) is 3.68. The number of benzene rings is 1. The molecule has 3 aromatic rings. The van der Waals surface area contributed by atoms with E-state index in [4.69, 9.17) is 11.6 Å². The van der Waals surface area contributed by atoms with Crippen LogP contribution in [0.2, 0.25) is 5.02 Å². The molecule has 84 valence electrons. The molecular weight excluding hydrogens is 256 g/mol. The maximum absolute atomic E-state index is 9.84. The van der Waals surface area contributed by atoms with Gasteiger partial charge in [0, 0.05) is 11.2 Å². The van der Waals surface area contributed by atoms with Gasteiger partial charge in [-0.05, 0) is 24.3 Å². The number of rotatable bonds is 1. The number of fused-ring (bicyclic) bond motifs is 1. The lowest BCUT2D eigenvalue weighted by Gasteiger charge is -2.00. The fourth-order valence-electron chi connectivity index (χ4n) is 1.58. The van der Waals surface area contributed by atoms with Gasteiger partial charge in [-0.3, -0.25) is 4.98 Å².